The van der Waals surface area contributed by atoms with E-state index >= 15 is 0 Å². The number of nitriles is 1. The van der Waals surface area contributed by atoms with E-state index in [0.717, 1.165) is 18.5 Å². The van der Waals surface area contributed by atoms with E-state index in [2.05, 4.69) is 23.5 Å². The van der Waals surface area contributed by atoms with Crippen molar-refractivity contribution in [1.29, 1.82) is 5.26 Å². The van der Waals surface area contributed by atoms with Crippen LogP contribution in [0.15, 0.2) is 60.7 Å². The van der Waals surface area contributed by atoms with Crippen LogP contribution in [0.2, 0.25) is 0 Å². The van der Waals surface area contributed by atoms with Gasteiger partial charge < -0.3 is 0 Å². The van der Waals surface area contributed by atoms with Crippen LogP contribution in [0.3, 0.4) is 0 Å². The van der Waals surface area contributed by atoms with E-state index in [9.17, 15) is 0 Å². The monoisotopic (exact) mass is 236 g/mol. The SMILES string of the molecule is N#C[C@@H](NCCc1ccccc1)c1ccccc1. The summed E-state index contributed by atoms with van der Waals surface area (Å²) in [6.07, 6.45) is 0.936. The molecule has 0 fully saturated rings. The fourth-order valence-corrected chi connectivity index (χ4v) is 1.89. The van der Waals surface area contributed by atoms with Crippen LogP contribution in [0.1, 0.15) is 17.2 Å². The molecule has 0 saturated carbocycles. The topological polar surface area (TPSA) is 35.8 Å². The molecule has 2 rings (SSSR count). The largest absolute Gasteiger partial charge is 0.298 e. The average molecular weight is 236 g/mol. The molecule has 0 aliphatic rings. The van der Waals surface area contributed by atoms with Crippen LogP contribution in [0.5, 0.6) is 0 Å². The summed E-state index contributed by atoms with van der Waals surface area (Å²) in [5.41, 5.74) is 2.31. The summed E-state index contributed by atoms with van der Waals surface area (Å²) in [5, 5.41) is 12.4. The second-order valence-electron chi connectivity index (χ2n) is 4.16. The summed E-state index contributed by atoms with van der Waals surface area (Å²) in [5.74, 6) is 0. The molecule has 2 heteroatoms. The molecule has 0 aliphatic carbocycles. The molecular formula is C16H16N2. The Balaban J connectivity index is 1.88. The molecule has 0 amide bonds. The Hall–Kier alpha value is -2.11. The van der Waals surface area contributed by atoms with Crippen molar-refractivity contribution in [3.05, 3.63) is 71.8 Å². The molecule has 18 heavy (non-hydrogen) atoms. The zero-order valence-electron chi connectivity index (χ0n) is 10.2. The minimum atomic E-state index is -0.227. The van der Waals surface area contributed by atoms with Gasteiger partial charge in [-0.2, -0.15) is 5.26 Å². The van der Waals surface area contributed by atoms with Crippen molar-refractivity contribution in [3.63, 3.8) is 0 Å². The van der Waals surface area contributed by atoms with Gasteiger partial charge in [0.25, 0.3) is 0 Å². The summed E-state index contributed by atoms with van der Waals surface area (Å²) in [4.78, 5) is 0. The molecular weight excluding hydrogens is 220 g/mol. The third-order valence-electron chi connectivity index (χ3n) is 2.87. The number of nitrogens with one attached hydrogen (secondary N) is 1. The van der Waals surface area contributed by atoms with Crippen LogP contribution in [0, 0.1) is 11.3 Å². The first-order chi connectivity index (χ1) is 8.90. The third-order valence-corrected chi connectivity index (χ3v) is 2.87. The van der Waals surface area contributed by atoms with Crippen LogP contribution in [-0.4, -0.2) is 6.54 Å². The van der Waals surface area contributed by atoms with Crippen molar-refractivity contribution < 1.29 is 0 Å². The lowest BCUT2D eigenvalue weighted by molar-refractivity contribution is 0.629. The van der Waals surface area contributed by atoms with Gasteiger partial charge in [0.15, 0.2) is 0 Å². The Bertz CT molecular complexity index is 500. The fraction of sp³-hybridized carbons (Fsp3) is 0.188. The Morgan fingerprint density at radius 1 is 0.944 bits per heavy atom. The predicted octanol–water partition coefficient (Wildman–Crippen LogP) is 3.08. The first-order valence-electron chi connectivity index (χ1n) is 6.12. The van der Waals surface area contributed by atoms with Gasteiger partial charge in [0.2, 0.25) is 0 Å². The lowest BCUT2D eigenvalue weighted by Gasteiger charge is -2.11. The normalized spacial score (nSPS) is 11.7. The van der Waals surface area contributed by atoms with Gasteiger partial charge in [-0.05, 0) is 17.5 Å². The van der Waals surface area contributed by atoms with Gasteiger partial charge in [-0.15, -0.1) is 0 Å². The van der Waals surface area contributed by atoms with Gasteiger partial charge in [0.05, 0.1) is 6.07 Å². The quantitative estimate of drug-likeness (QED) is 0.866. The van der Waals surface area contributed by atoms with Crippen LogP contribution in [-0.2, 0) is 6.42 Å². The summed E-state index contributed by atoms with van der Waals surface area (Å²) >= 11 is 0. The molecule has 0 aliphatic heterocycles. The first-order valence-corrected chi connectivity index (χ1v) is 6.12. The van der Waals surface area contributed by atoms with Crippen molar-refractivity contribution in [2.75, 3.05) is 6.54 Å². The van der Waals surface area contributed by atoms with E-state index < -0.39 is 0 Å². The molecule has 0 aromatic heterocycles. The molecule has 2 nitrogen and oxygen atoms in total. The van der Waals surface area contributed by atoms with E-state index in [-0.39, 0.29) is 6.04 Å². The maximum absolute atomic E-state index is 9.16. The molecule has 0 heterocycles. The minimum Gasteiger partial charge on any atom is -0.298 e. The van der Waals surface area contributed by atoms with Gasteiger partial charge >= 0.3 is 0 Å². The van der Waals surface area contributed by atoms with E-state index in [0.29, 0.717) is 0 Å². The lowest BCUT2D eigenvalue weighted by atomic mass is 10.1. The smallest absolute Gasteiger partial charge is 0.121 e. The molecule has 0 radical (unpaired) electrons. The number of hydrogen-bond acceptors (Lipinski definition) is 2. The van der Waals surface area contributed by atoms with Gasteiger partial charge in [-0.25, -0.2) is 0 Å². The Kier molecular flexibility index (Phi) is 4.52. The fourth-order valence-electron chi connectivity index (χ4n) is 1.89. The predicted molar refractivity (Wildman–Crippen MR) is 72.9 cm³/mol. The summed E-state index contributed by atoms with van der Waals surface area (Å²) in [6.45, 7) is 0.803. The number of hydrogen-bond donors (Lipinski definition) is 1. The van der Waals surface area contributed by atoms with Crippen LogP contribution < -0.4 is 5.32 Å². The van der Waals surface area contributed by atoms with Crippen LogP contribution >= 0.6 is 0 Å². The molecule has 0 bridgehead atoms. The Labute approximate surface area is 108 Å². The van der Waals surface area contributed by atoms with Gasteiger partial charge in [0.1, 0.15) is 6.04 Å². The van der Waals surface area contributed by atoms with Gasteiger partial charge in [0, 0.05) is 6.54 Å². The second-order valence-corrected chi connectivity index (χ2v) is 4.16. The highest BCUT2D eigenvalue weighted by Gasteiger charge is 2.07. The molecule has 0 saturated heterocycles. The first kappa shape index (κ1) is 12.3. The van der Waals surface area contributed by atoms with Gasteiger partial charge in [-0.1, -0.05) is 60.7 Å². The van der Waals surface area contributed by atoms with Crippen molar-refractivity contribution in [2.45, 2.75) is 12.5 Å². The number of nitrogens with zero attached hydrogens (tertiary/aromatic N) is 1. The second kappa shape index (κ2) is 6.58. The third kappa shape index (κ3) is 3.44. The highest BCUT2D eigenvalue weighted by atomic mass is 14.9. The lowest BCUT2D eigenvalue weighted by Crippen LogP contribution is -2.22. The summed E-state index contributed by atoms with van der Waals surface area (Å²) < 4.78 is 0. The standard InChI is InChI=1S/C16H16N2/c17-13-16(15-9-5-2-6-10-15)18-12-11-14-7-3-1-4-8-14/h1-10,16,18H,11-12H2/t16-/m1/s1. The highest BCUT2D eigenvalue weighted by molar-refractivity contribution is 5.24. The Morgan fingerprint density at radius 3 is 2.17 bits per heavy atom. The number of rotatable bonds is 5. The van der Waals surface area contributed by atoms with E-state index in [1.807, 2.05) is 48.5 Å². The minimum absolute atomic E-state index is 0.227. The van der Waals surface area contributed by atoms with E-state index in [1.165, 1.54) is 5.56 Å². The number of benzene rings is 2. The summed E-state index contributed by atoms with van der Waals surface area (Å²) in [6, 6.07) is 22.2. The van der Waals surface area contributed by atoms with Crippen molar-refractivity contribution in [2.24, 2.45) is 0 Å². The van der Waals surface area contributed by atoms with Crippen molar-refractivity contribution >= 4 is 0 Å². The van der Waals surface area contributed by atoms with Crippen molar-refractivity contribution in [1.82, 2.24) is 5.32 Å². The van der Waals surface area contributed by atoms with Gasteiger partial charge in [-0.3, -0.25) is 5.32 Å². The zero-order chi connectivity index (χ0) is 12.6. The maximum Gasteiger partial charge on any atom is 0.121 e. The zero-order valence-corrected chi connectivity index (χ0v) is 10.2. The highest BCUT2D eigenvalue weighted by Crippen LogP contribution is 2.11. The molecule has 90 valence electrons. The van der Waals surface area contributed by atoms with E-state index in [1.54, 1.807) is 0 Å². The molecule has 1 N–H and O–H groups in total. The van der Waals surface area contributed by atoms with Crippen LogP contribution in [0.4, 0.5) is 0 Å². The molecule has 0 unspecified atom stereocenters. The molecule has 1 atom stereocenters. The molecule has 2 aromatic rings. The van der Waals surface area contributed by atoms with Crippen LogP contribution in [0.25, 0.3) is 0 Å². The molecule has 2 aromatic carbocycles. The summed E-state index contributed by atoms with van der Waals surface area (Å²) in [7, 11) is 0. The van der Waals surface area contributed by atoms with Crippen molar-refractivity contribution in [3.8, 4) is 6.07 Å². The van der Waals surface area contributed by atoms with E-state index in [4.69, 9.17) is 5.26 Å². The average Bonchev–Trinajstić information content (AvgIpc) is 2.46. The maximum atomic E-state index is 9.16. The Morgan fingerprint density at radius 2 is 1.56 bits per heavy atom. The molecule has 0 spiro atoms.